The van der Waals surface area contributed by atoms with Crippen LogP contribution in [0.1, 0.15) is 0 Å². The molecule has 1 heterocycles. The second-order valence-electron chi connectivity index (χ2n) is 4.04. The lowest BCUT2D eigenvalue weighted by Gasteiger charge is -2.03. The molecule has 0 bridgehead atoms. The Morgan fingerprint density at radius 2 is 1.26 bits per heavy atom. The van der Waals surface area contributed by atoms with E-state index >= 15 is 0 Å². The first kappa shape index (κ1) is 11.5. The molecule has 0 amide bonds. The lowest BCUT2D eigenvalue weighted by atomic mass is 10.1. The van der Waals surface area contributed by atoms with E-state index in [1.165, 1.54) is 6.07 Å². The molecule has 3 rings (SSSR count). The van der Waals surface area contributed by atoms with Gasteiger partial charge in [-0.1, -0.05) is 0 Å². The Labute approximate surface area is 109 Å². The van der Waals surface area contributed by atoms with Crippen molar-refractivity contribution in [1.29, 1.82) is 0 Å². The largest absolute Gasteiger partial charge is 0.507 e. The van der Waals surface area contributed by atoms with Crippen molar-refractivity contribution in [2.24, 2.45) is 0 Å². The summed E-state index contributed by atoms with van der Waals surface area (Å²) in [5.74, 6) is -3.01. The highest BCUT2D eigenvalue weighted by molar-refractivity contribution is 7.26. The molecule has 3 aromatic rings. The van der Waals surface area contributed by atoms with Crippen molar-refractivity contribution >= 4 is 31.5 Å². The van der Waals surface area contributed by atoms with Crippen molar-refractivity contribution in [2.75, 3.05) is 0 Å². The molecule has 0 fully saturated rings. The minimum absolute atomic E-state index is 0.146. The minimum atomic E-state index is -0.678. The topological polar surface area (TPSA) is 121 Å². The lowest BCUT2D eigenvalue weighted by Crippen LogP contribution is -1.74. The Hall–Kier alpha value is -2.54. The summed E-state index contributed by atoms with van der Waals surface area (Å²) in [6, 6.07) is 2.13. The van der Waals surface area contributed by atoms with Crippen LogP contribution in [0, 0.1) is 0 Å². The van der Waals surface area contributed by atoms with E-state index in [-0.39, 0.29) is 25.9 Å². The quantitative estimate of drug-likeness (QED) is 0.277. The molecule has 0 spiro atoms. The van der Waals surface area contributed by atoms with Crippen molar-refractivity contribution in [3.63, 3.8) is 0 Å². The van der Waals surface area contributed by atoms with Crippen LogP contribution < -0.4 is 0 Å². The van der Waals surface area contributed by atoms with Gasteiger partial charge in [0.25, 0.3) is 0 Å². The number of aromatic hydroxyl groups is 6. The zero-order valence-electron chi connectivity index (χ0n) is 9.25. The molecule has 98 valence electrons. The van der Waals surface area contributed by atoms with Crippen molar-refractivity contribution in [3.05, 3.63) is 12.1 Å². The number of phenols is 6. The Morgan fingerprint density at radius 3 is 1.95 bits per heavy atom. The van der Waals surface area contributed by atoms with Crippen LogP contribution in [0.4, 0.5) is 0 Å². The standard InChI is InChI=1S/C12H8O6S/c13-4-2-6(15)9(17)12-7(4)3-1-5(14)8(16)10(18)11(3)19-12/h1-2,13-18H. The third kappa shape index (κ3) is 1.36. The molecule has 0 atom stereocenters. The van der Waals surface area contributed by atoms with Crippen molar-refractivity contribution in [2.45, 2.75) is 0 Å². The first-order valence-corrected chi connectivity index (χ1v) is 5.97. The van der Waals surface area contributed by atoms with E-state index in [9.17, 15) is 30.6 Å². The SMILES string of the molecule is Oc1cc2c(sc3c(O)c(O)cc(O)c32)c(O)c1O. The number of benzene rings is 2. The van der Waals surface area contributed by atoms with E-state index in [1.54, 1.807) is 0 Å². The molecule has 19 heavy (non-hydrogen) atoms. The summed E-state index contributed by atoms with van der Waals surface area (Å²) in [7, 11) is 0. The normalized spacial score (nSPS) is 11.4. The fraction of sp³-hybridized carbons (Fsp3) is 0. The van der Waals surface area contributed by atoms with Gasteiger partial charge in [-0.05, 0) is 6.07 Å². The molecule has 0 aliphatic heterocycles. The first-order valence-electron chi connectivity index (χ1n) is 5.15. The van der Waals surface area contributed by atoms with E-state index in [1.807, 2.05) is 0 Å². The van der Waals surface area contributed by atoms with Crippen molar-refractivity contribution in [1.82, 2.24) is 0 Å². The van der Waals surface area contributed by atoms with Gasteiger partial charge >= 0.3 is 0 Å². The molecule has 1 aromatic heterocycles. The molecule has 0 aliphatic rings. The average Bonchev–Trinajstić information content (AvgIpc) is 2.73. The van der Waals surface area contributed by atoms with Gasteiger partial charge in [-0.2, -0.15) is 0 Å². The Bertz CT molecular complexity index is 836. The third-order valence-electron chi connectivity index (χ3n) is 2.90. The average molecular weight is 280 g/mol. The number of phenolic OH excluding ortho intramolecular Hbond substituents is 6. The minimum Gasteiger partial charge on any atom is -0.507 e. The molecule has 7 heteroatoms. The summed E-state index contributed by atoms with van der Waals surface area (Å²) in [6.07, 6.45) is 0. The van der Waals surface area contributed by atoms with Gasteiger partial charge in [0.15, 0.2) is 23.0 Å². The predicted molar refractivity (Wildman–Crippen MR) is 69.3 cm³/mol. The zero-order chi connectivity index (χ0) is 13.9. The summed E-state index contributed by atoms with van der Waals surface area (Å²) in [6.45, 7) is 0. The van der Waals surface area contributed by atoms with Gasteiger partial charge in [0, 0.05) is 16.8 Å². The number of rotatable bonds is 0. The van der Waals surface area contributed by atoms with Gasteiger partial charge in [-0.25, -0.2) is 0 Å². The van der Waals surface area contributed by atoms with E-state index in [0.717, 1.165) is 17.4 Å². The summed E-state index contributed by atoms with van der Waals surface area (Å²) in [5, 5.41) is 58.2. The third-order valence-corrected chi connectivity index (χ3v) is 4.11. The van der Waals surface area contributed by atoms with Crippen LogP contribution in [0.5, 0.6) is 34.5 Å². The lowest BCUT2D eigenvalue weighted by molar-refractivity contribution is 0.372. The van der Waals surface area contributed by atoms with Gasteiger partial charge in [-0.3, -0.25) is 0 Å². The van der Waals surface area contributed by atoms with Gasteiger partial charge in [0.05, 0.1) is 9.40 Å². The van der Waals surface area contributed by atoms with Crippen LogP contribution in [0.25, 0.3) is 20.2 Å². The second-order valence-corrected chi connectivity index (χ2v) is 5.06. The van der Waals surface area contributed by atoms with Crippen LogP contribution >= 0.6 is 11.3 Å². The maximum Gasteiger partial charge on any atom is 0.201 e. The molecule has 0 radical (unpaired) electrons. The molecule has 2 aromatic carbocycles. The maximum absolute atomic E-state index is 9.82. The molecular formula is C12H8O6S. The monoisotopic (exact) mass is 280 g/mol. The predicted octanol–water partition coefficient (Wildman–Crippen LogP) is 2.29. The maximum atomic E-state index is 9.82. The fourth-order valence-corrected chi connectivity index (χ4v) is 3.19. The van der Waals surface area contributed by atoms with Gasteiger partial charge in [0.1, 0.15) is 5.75 Å². The van der Waals surface area contributed by atoms with Gasteiger partial charge < -0.3 is 30.6 Å². The van der Waals surface area contributed by atoms with Gasteiger partial charge in [0.2, 0.25) is 5.75 Å². The molecule has 6 nitrogen and oxygen atoms in total. The molecule has 0 aliphatic carbocycles. The highest BCUT2D eigenvalue weighted by Gasteiger charge is 2.21. The molecule has 6 N–H and O–H groups in total. The van der Waals surface area contributed by atoms with E-state index in [4.69, 9.17) is 0 Å². The summed E-state index contributed by atoms with van der Waals surface area (Å²) < 4.78 is 0.328. The van der Waals surface area contributed by atoms with Gasteiger partial charge in [-0.15, -0.1) is 11.3 Å². The highest BCUT2D eigenvalue weighted by Crippen LogP contribution is 2.53. The van der Waals surface area contributed by atoms with Crippen LogP contribution in [-0.4, -0.2) is 30.6 Å². The van der Waals surface area contributed by atoms with Crippen LogP contribution in [0.15, 0.2) is 12.1 Å². The Balaban J connectivity index is 2.64. The second kappa shape index (κ2) is 3.48. The van der Waals surface area contributed by atoms with Crippen molar-refractivity contribution in [3.8, 4) is 34.5 Å². The van der Waals surface area contributed by atoms with Crippen LogP contribution in [0.2, 0.25) is 0 Å². The molecular weight excluding hydrogens is 272 g/mol. The molecule has 0 saturated heterocycles. The Kier molecular flexibility index (Phi) is 2.12. The van der Waals surface area contributed by atoms with E-state index in [0.29, 0.717) is 0 Å². The summed E-state index contributed by atoms with van der Waals surface area (Å²) in [4.78, 5) is 0. The number of fused-ring (bicyclic) bond motifs is 3. The van der Waals surface area contributed by atoms with Crippen LogP contribution in [-0.2, 0) is 0 Å². The summed E-state index contributed by atoms with van der Waals surface area (Å²) >= 11 is 0.875. The number of thiophene rings is 1. The van der Waals surface area contributed by atoms with Crippen LogP contribution in [0.3, 0.4) is 0 Å². The highest BCUT2D eigenvalue weighted by atomic mass is 32.1. The Morgan fingerprint density at radius 1 is 0.632 bits per heavy atom. The molecule has 0 saturated carbocycles. The molecule has 0 unspecified atom stereocenters. The van der Waals surface area contributed by atoms with Crippen molar-refractivity contribution < 1.29 is 30.6 Å². The van der Waals surface area contributed by atoms with E-state index in [2.05, 4.69) is 0 Å². The smallest absolute Gasteiger partial charge is 0.201 e. The zero-order valence-corrected chi connectivity index (χ0v) is 10.1. The first-order chi connectivity index (χ1) is 8.91. The van der Waals surface area contributed by atoms with E-state index < -0.39 is 28.7 Å². The number of hydrogen-bond acceptors (Lipinski definition) is 7. The summed E-state index contributed by atoms with van der Waals surface area (Å²) in [5.41, 5.74) is 0. The number of hydrogen-bond donors (Lipinski definition) is 6. The fourth-order valence-electron chi connectivity index (χ4n) is 2.00.